The average molecular weight is 519 g/mol. The number of nitrogens with two attached hydrogens (primary N) is 2. The van der Waals surface area contributed by atoms with Crippen LogP contribution in [0.2, 0.25) is 0 Å². The molecule has 0 bridgehead atoms. The van der Waals surface area contributed by atoms with E-state index in [2.05, 4.69) is 20.4 Å². The van der Waals surface area contributed by atoms with E-state index < -0.39 is 35.7 Å². The third-order valence-corrected chi connectivity index (χ3v) is 5.79. The Kier molecular flexibility index (Phi) is 6.50. The number of aromatic amines is 1. The summed E-state index contributed by atoms with van der Waals surface area (Å²) in [4.78, 5) is 32.0. The van der Waals surface area contributed by atoms with Crippen molar-refractivity contribution in [1.82, 2.24) is 25.1 Å². The van der Waals surface area contributed by atoms with Crippen LogP contribution >= 0.6 is 0 Å². The predicted octanol–water partition coefficient (Wildman–Crippen LogP) is 3.31. The van der Waals surface area contributed by atoms with Crippen molar-refractivity contribution in [2.45, 2.75) is 25.7 Å². The molecule has 4 rings (SSSR count). The van der Waals surface area contributed by atoms with Crippen molar-refractivity contribution in [2.24, 2.45) is 5.73 Å². The summed E-state index contributed by atoms with van der Waals surface area (Å²) in [6, 6.07) is 2.98. The Morgan fingerprint density at radius 3 is 2.65 bits per heavy atom. The number of aromatic nitrogens is 4. The Balaban J connectivity index is 1.72. The molecule has 2 amide bonds. The van der Waals surface area contributed by atoms with Gasteiger partial charge in [-0.25, -0.2) is 9.07 Å². The van der Waals surface area contributed by atoms with Crippen LogP contribution in [0.4, 0.5) is 23.4 Å². The number of benzene rings is 1. The molecule has 37 heavy (non-hydrogen) atoms. The number of carbonyl (C=O) groups excluding carboxylic acids is 2. The molecule has 1 atom stereocenters. The van der Waals surface area contributed by atoms with Crippen LogP contribution in [0, 0.1) is 5.82 Å². The van der Waals surface area contributed by atoms with Crippen molar-refractivity contribution in [1.29, 1.82) is 0 Å². The molecular formula is C23H21F4N7O3. The van der Waals surface area contributed by atoms with Crippen LogP contribution in [0.1, 0.15) is 39.4 Å². The molecule has 0 aliphatic rings. The van der Waals surface area contributed by atoms with Crippen LogP contribution in [-0.4, -0.2) is 44.8 Å². The van der Waals surface area contributed by atoms with Crippen LogP contribution < -0.4 is 21.5 Å². The quantitative estimate of drug-likeness (QED) is 0.275. The van der Waals surface area contributed by atoms with E-state index in [-0.39, 0.29) is 34.7 Å². The maximum Gasteiger partial charge on any atom is 0.410 e. The summed E-state index contributed by atoms with van der Waals surface area (Å²) in [5.74, 6) is -2.66. The number of methoxy groups -OCH3 is 1. The van der Waals surface area contributed by atoms with Crippen LogP contribution in [0.15, 0.2) is 36.7 Å². The van der Waals surface area contributed by atoms with E-state index in [0.717, 1.165) is 19.1 Å². The van der Waals surface area contributed by atoms with Gasteiger partial charge in [0.1, 0.15) is 34.7 Å². The third kappa shape index (κ3) is 4.64. The average Bonchev–Trinajstić information content (AvgIpc) is 3.46. The number of primary amides is 1. The highest BCUT2D eigenvalue weighted by molar-refractivity contribution is 6.07. The maximum atomic E-state index is 13.6. The summed E-state index contributed by atoms with van der Waals surface area (Å²) in [6.07, 6.45) is -1.85. The Morgan fingerprint density at radius 1 is 1.27 bits per heavy atom. The Bertz CT molecular complexity index is 1510. The molecule has 1 aromatic carbocycles. The lowest BCUT2D eigenvalue weighted by molar-refractivity contribution is -0.164. The summed E-state index contributed by atoms with van der Waals surface area (Å²) < 4.78 is 59.3. The molecule has 4 aromatic rings. The van der Waals surface area contributed by atoms with Crippen LogP contribution in [0.3, 0.4) is 0 Å². The lowest BCUT2D eigenvalue weighted by atomic mass is 10.0. The lowest BCUT2D eigenvalue weighted by Crippen LogP contribution is -2.26. The van der Waals surface area contributed by atoms with Gasteiger partial charge >= 0.3 is 6.18 Å². The molecule has 14 heteroatoms. The molecule has 194 valence electrons. The molecule has 0 spiro atoms. The number of pyridine rings is 1. The van der Waals surface area contributed by atoms with Crippen molar-refractivity contribution >= 4 is 28.5 Å². The van der Waals surface area contributed by atoms with Crippen LogP contribution in [0.5, 0.6) is 5.75 Å². The third-order valence-electron chi connectivity index (χ3n) is 5.79. The highest BCUT2D eigenvalue weighted by atomic mass is 19.4. The highest BCUT2D eigenvalue weighted by Crippen LogP contribution is 2.37. The number of ether oxygens (including phenoxy) is 1. The van der Waals surface area contributed by atoms with E-state index in [4.69, 9.17) is 16.2 Å². The second kappa shape index (κ2) is 9.44. The fourth-order valence-electron chi connectivity index (χ4n) is 3.86. The Labute approximate surface area is 206 Å². The fourth-order valence-corrected chi connectivity index (χ4v) is 3.86. The number of anilines is 1. The number of H-pyrrole nitrogens is 1. The van der Waals surface area contributed by atoms with Gasteiger partial charge in [-0.05, 0) is 31.2 Å². The van der Waals surface area contributed by atoms with E-state index in [9.17, 15) is 27.2 Å². The predicted molar refractivity (Wildman–Crippen MR) is 125 cm³/mol. The summed E-state index contributed by atoms with van der Waals surface area (Å²) >= 11 is 0. The Hall–Kier alpha value is -4.62. The summed E-state index contributed by atoms with van der Waals surface area (Å²) in [5, 5.41) is 7.03. The normalized spacial score (nSPS) is 12.5. The molecule has 0 aliphatic heterocycles. The molecule has 0 aliphatic carbocycles. The van der Waals surface area contributed by atoms with E-state index in [1.165, 1.54) is 19.4 Å². The number of rotatable bonds is 7. The number of halogens is 4. The Morgan fingerprint density at radius 2 is 2.00 bits per heavy atom. The number of hydrogen-bond donors (Lipinski definition) is 4. The standard InChI is InChI=1S/C23H21F4N7O3/c1-10(23(25,26)27)34-20(28)17(21(29)35)19(33-34)14-8-31-15(18-12(14)5-6-30-18)9-32-22(36)13-7-11(24)3-4-16(13)37-2/h3-8,10,30H,9,28H2,1-2H3,(H2,29,35)(H,32,36)/t10-/m0/s1. The van der Waals surface area contributed by atoms with Crippen LogP contribution in [-0.2, 0) is 6.54 Å². The van der Waals surface area contributed by atoms with Crippen molar-refractivity contribution in [3.05, 3.63) is 59.3 Å². The van der Waals surface area contributed by atoms with Crippen molar-refractivity contribution in [3.63, 3.8) is 0 Å². The zero-order valence-corrected chi connectivity index (χ0v) is 19.5. The lowest BCUT2D eigenvalue weighted by Gasteiger charge is -2.17. The monoisotopic (exact) mass is 519 g/mol. The minimum absolute atomic E-state index is 0.0206. The first-order valence-electron chi connectivity index (χ1n) is 10.8. The van der Waals surface area contributed by atoms with E-state index in [1.54, 1.807) is 12.3 Å². The van der Waals surface area contributed by atoms with Gasteiger partial charge in [-0.3, -0.25) is 14.6 Å². The van der Waals surface area contributed by atoms with E-state index in [1.807, 2.05) is 0 Å². The fraction of sp³-hybridized carbons (Fsp3) is 0.217. The van der Waals surface area contributed by atoms with Gasteiger partial charge < -0.3 is 26.5 Å². The topological polar surface area (TPSA) is 154 Å². The zero-order chi connectivity index (χ0) is 27.1. The summed E-state index contributed by atoms with van der Waals surface area (Å²) in [7, 11) is 1.34. The molecule has 3 aromatic heterocycles. The number of hydrogen-bond acceptors (Lipinski definition) is 6. The van der Waals surface area contributed by atoms with Gasteiger partial charge in [-0.2, -0.15) is 18.3 Å². The summed E-state index contributed by atoms with van der Waals surface area (Å²) in [5.41, 5.74) is 11.7. The van der Waals surface area contributed by atoms with Crippen molar-refractivity contribution in [3.8, 4) is 17.0 Å². The van der Waals surface area contributed by atoms with E-state index in [0.29, 0.717) is 21.3 Å². The largest absolute Gasteiger partial charge is 0.496 e. The number of amides is 2. The first kappa shape index (κ1) is 25.5. The molecule has 0 fully saturated rings. The second-order valence-corrected chi connectivity index (χ2v) is 8.05. The minimum Gasteiger partial charge on any atom is -0.496 e. The SMILES string of the molecule is COc1ccc(F)cc1C(=O)NCc1ncc(-c2nn([C@@H](C)C(F)(F)F)c(N)c2C(N)=O)c2cc[nH]c12. The van der Waals surface area contributed by atoms with Gasteiger partial charge in [0.25, 0.3) is 11.8 Å². The van der Waals surface area contributed by atoms with Gasteiger partial charge in [-0.15, -0.1) is 0 Å². The number of fused-ring (bicyclic) bond motifs is 1. The van der Waals surface area contributed by atoms with Crippen molar-refractivity contribution in [2.75, 3.05) is 12.8 Å². The number of nitrogens with zero attached hydrogens (tertiary/aromatic N) is 3. The smallest absolute Gasteiger partial charge is 0.410 e. The van der Waals surface area contributed by atoms with Gasteiger partial charge in [-0.1, -0.05) is 0 Å². The van der Waals surface area contributed by atoms with Crippen LogP contribution in [0.25, 0.3) is 22.2 Å². The number of nitrogens with one attached hydrogen (secondary N) is 2. The number of carbonyl (C=O) groups is 2. The molecular weight excluding hydrogens is 498 g/mol. The molecule has 0 unspecified atom stereocenters. The number of nitrogen functional groups attached to an aromatic ring is 1. The first-order chi connectivity index (χ1) is 17.4. The molecule has 3 heterocycles. The van der Waals surface area contributed by atoms with E-state index >= 15 is 0 Å². The molecule has 0 saturated carbocycles. The maximum absolute atomic E-state index is 13.6. The highest BCUT2D eigenvalue weighted by Gasteiger charge is 2.40. The van der Waals surface area contributed by atoms with Gasteiger partial charge in [0, 0.05) is 23.3 Å². The molecule has 0 radical (unpaired) electrons. The van der Waals surface area contributed by atoms with Gasteiger partial charge in [0.15, 0.2) is 0 Å². The molecule has 0 saturated heterocycles. The van der Waals surface area contributed by atoms with Crippen molar-refractivity contribution < 1.29 is 31.9 Å². The number of alkyl halides is 3. The summed E-state index contributed by atoms with van der Waals surface area (Å²) in [6.45, 7) is 0.752. The zero-order valence-electron chi connectivity index (χ0n) is 19.5. The minimum atomic E-state index is -4.68. The van der Waals surface area contributed by atoms with Gasteiger partial charge in [0.05, 0.1) is 30.4 Å². The molecule has 6 N–H and O–H groups in total. The second-order valence-electron chi connectivity index (χ2n) is 8.05. The van der Waals surface area contributed by atoms with Gasteiger partial charge in [0.2, 0.25) is 0 Å². The molecule has 10 nitrogen and oxygen atoms in total. The first-order valence-corrected chi connectivity index (χ1v) is 10.8.